The Hall–Kier alpha value is -3.03. The van der Waals surface area contributed by atoms with Gasteiger partial charge in [-0.05, 0) is 24.6 Å². The smallest absolute Gasteiger partial charge is 0.256 e. The lowest BCUT2D eigenvalue weighted by molar-refractivity contribution is -0.116. The van der Waals surface area contributed by atoms with Crippen molar-refractivity contribution in [2.75, 3.05) is 26.6 Å². The summed E-state index contributed by atoms with van der Waals surface area (Å²) < 4.78 is 16.1. The van der Waals surface area contributed by atoms with Crippen LogP contribution >= 0.6 is 0 Å². The second-order valence-corrected chi connectivity index (χ2v) is 5.68. The summed E-state index contributed by atoms with van der Waals surface area (Å²) in [7, 11) is 4.54. The summed E-state index contributed by atoms with van der Waals surface area (Å²) in [6.45, 7) is 1.66. The molecular formula is C17H19N3O5. The number of aryl methyl sites for hydroxylation is 1. The molecule has 1 amide bonds. The molecule has 0 saturated heterocycles. The highest BCUT2D eigenvalue weighted by Crippen LogP contribution is 2.43. The van der Waals surface area contributed by atoms with Gasteiger partial charge in [0.2, 0.25) is 11.7 Å². The number of carbonyl (C=O) groups excluding carboxylic acids is 1. The van der Waals surface area contributed by atoms with E-state index in [1.54, 1.807) is 19.1 Å². The SMILES string of the molecule is COc1cc(C2CC(=O)Nc3nc(C)[nH]c(=O)c32)cc(OC)c1OC. The van der Waals surface area contributed by atoms with Gasteiger partial charge in [-0.1, -0.05) is 0 Å². The van der Waals surface area contributed by atoms with E-state index >= 15 is 0 Å². The zero-order chi connectivity index (χ0) is 18.1. The van der Waals surface area contributed by atoms with Crippen LogP contribution in [0.2, 0.25) is 0 Å². The van der Waals surface area contributed by atoms with Gasteiger partial charge in [-0.2, -0.15) is 0 Å². The minimum absolute atomic E-state index is 0.124. The maximum absolute atomic E-state index is 12.5. The predicted molar refractivity (Wildman–Crippen MR) is 90.8 cm³/mol. The molecular weight excluding hydrogens is 326 g/mol. The summed E-state index contributed by atoms with van der Waals surface area (Å²) in [6.07, 6.45) is 0.124. The summed E-state index contributed by atoms with van der Waals surface area (Å²) in [5.74, 6) is 1.43. The molecule has 2 aromatic rings. The number of nitrogens with zero attached hydrogens (tertiary/aromatic N) is 1. The highest BCUT2D eigenvalue weighted by atomic mass is 16.5. The van der Waals surface area contributed by atoms with E-state index in [4.69, 9.17) is 14.2 Å². The molecule has 132 valence electrons. The van der Waals surface area contributed by atoms with Gasteiger partial charge in [-0.25, -0.2) is 4.98 Å². The Bertz CT molecular complexity index is 865. The van der Waals surface area contributed by atoms with Crippen LogP contribution in [0.1, 0.15) is 29.3 Å². The van der Waals surface area contributed by atoms with Crippen LogP contribution in [0.25, 0.3) is 0 Å². The third-order valence-corrected chi connectivity index (χ3v) is 4.16. The number of hydrogen-bond donors (Lipinski definition) is 2. The number of rotatable bonds is 4. The van der Waals surface area contributed by atoms with Gasteiger partial charge < -0.3 is 24.5 Å². The van der Waals surface area contributed by atoms with Crippen molar-refractivity contribution in [3.8, 4) is 17.2 Å². The zero-order valence-corrected chi connectivity index (χ0v) is 14.4. The van der Waals surface area contributed by atoms with Gasteiger partial charge in [0, 0.05) is 12.3 Å². The Morgan fingerprint density at radius 3 is 2.28 bits per heavy atom. The molecule has 3 rings (SSSR count). The molecule has 1 aliphatic rings. The molecule has 8 nitrogen and oxygen atoms in total. The first-order chi connectivity index (χ1) is 12.0. The molecule has 0 bridgehead atoms. The Morgan fingerprint density at radius 2 is 1.72 bits per heavy atom. The molecule has 0 fully saturated rings. The lowest BCUT2D eigenvalue weighted by Crippen LogP contribution is -2.31. The summed E-state index contributed by atoms with van der Waals surface area (Å²) in [4.78, 5) is 31.5. The Morgan fingerprint density at radius 1 is 1.08 bits per heavy atom. The average Bonchev–Trinajstić information content (AvgIpc) is 2.58. The van der Waals surface area contributed by atoms with E-state index in [-0.39, 0.29) is 23.7 Å². The number of benzene rings is 1. The minimum atomic E-state index is -0.464. The van der Waals surface area contributed by atoms with Gasteiger partial charge >= 0.3 is 0 Å². The standard InChI is InChI=1S/C17H19N3O5/c1-8-18-16-14(17(22)19-8)10(7-13(21)20-16)9-5-11(23-2)15(25-4)12(6-9)24-3/h5-6,10H,7H2,1-4H3,(H2,18,19,20,21,22). The molecule has 0 aliphatic carbocycles. The van der Waals surface area contributed by atoms with Crippen molar-refractivity contribution in [2.45, 2.75) is 19.3 Å². The minimum Gasteiger partial charge on any atom is -0.493 e. The van der Waals surface area contributed by atoms with Crippen molar-refractivity contribution >= 4 is 11.7 Å². The van der Waals surface area contributed by atoms with Crippen LogP contribution in [0.4, 0.5) is 5.82 Å². The van der Waals surface area contributed by atoms with Gasteiger partial charge in [0.25, 0.3) is 5.56 Å². The highest BCUT2D eigenvalue weighted by molar-refractivity contribution is 5.94. The molecule has 8 heteroatoms. The topological polar surface area (TPSA) is 103 Å². The Labute approximate surface area is 144 Å². The summed E-state index contributed by atoms with van der Waals surface area (Å²) in [6, 6.07) is 3.49. The highest BCUT2D eigenvalue weighted by Gasteiger charge is 2.32. The number of ether oxygens (including phenoxy) is 3. The van der Waals surface area contributed by atoms with Crippen molar-refractivity contribution in [1.29, 1.82) is 0 Å². The second kappa shape index (κ2) is 6.46. The maximum Gasteiger partial charge on any atom is 0.256 e. The number of carbonyl (C=O) groups is 1. The maximum atomic E-state index is 12.5. The van der Waals surface area contributed by atoms with E-state index in [1.807, 2.05) is 0 Å². The number of H-pyrrole nitrogens is 1. The van der Waals surface area contributed by atoms with Crippen LogP contribution in [0.3, 0.4) is 0 Å². The van der Waals surface area contributed by atoms with Crippen LogP contribution in [0.5, 0.6) is 17.2 Å². The van der Waals surface area contributed by atoms with Crippen LogP contribution in [-0.2, 0) is 4.79 Å². The molecule has 0 spiro atoms. The number of anilines is 1. The third-order valence-electron chi connectivity index (χ3n) is 4.16. The molecule has 0 saturated carbocycles. The van der Waals surface area contributed by atoms with Crippen LogP contribution in [0.15, 0.2) is 16.9 Å². The molecule has 1 aliphatic heterocycles. The normalized spacial score (nSPS) is 16.0. The van der Waals surface area contributed by atoms with E-state index in [2.05, 4.69) is 15.3 Å². The third kappa shape index (κ3) is 2.90. The van der Waals surface area contributed by atoms with E-state index in [0.29, 0.717) is 34.2 Å². The number of methoxy groups -OCH3 is 3. The zero-order valence-electron chi connectivity index (χ0n) is 14.4. The lowest BCUT2D eigenvalue weighted by Gasteiger charge is -2.25. The van der Waals surface area contributed by atoms with E-state index < -0.39 is 5.92 Å². The lowest BCUT2D eigenvalue weighted by atomic mass is 9.86. The first kappa shape index (κ1) is 16.8. The quantitative estimate of drug-likeness (QED) is 0.872. The van der Waals surface area contributed by atoms with Crippen molar-refractivity contribution in [3.63, 3.8) is 0 Å². The molecule has 2 heterocycles. The number of amides is 1. The van der Waals surface area contributed by atoms with Gasteiger partial charge in [-0.15, -0.1) is 0 Å². The molecule has 1 atom stereocenters. The van der Waals surface area contributed by atoms with Crippen LogP contribution < -0.4 is 25.1 Å². The number of aromatic amines is 1. The van der Waals surface area contributed by atoms with E-state index in [9.17, 15) is 9.59 Å². The number of aromatic nitrogens is 2. The Kier molecular flexibility index (Phi) is 4.35. The van der Waals surface area contributed by atoms with Crippen molar-refractivity contribution in [2.24, 2.45) is 0 Å². The van der Waals surface area contributed by atoms with Crippen LogP contribution in [0, 0.1) is 6.92 Å². The van der Waals surface area contributed by atoms with Crippen molar-refractivity contribution in [3.05, 3.63) is 39.4 Å². The van der Waals surface area contributed by atoms with Gasteiger partial charge in [0.05, 0.1) is 26.9 Å². The van der Waals surface area contributed by atoms with E-state index in [1.165, 1.54) is 21.3 Å². The van der Waals surface area contributed by atoms with Gasteiger partial charge in [-0.3, -0.25) is 9.59 Å². The van der Waals surface area contributed by atoms with Gasteiger partial charge in [0.1, 0.15) is 11.6 Å². The largest absolute Gasteiger partial charge is 0.493 e. The first-order valence-electron chi connectivity index (χ1n) is 7.69. The number of fused-ring (bicyclic) bond motifs is 1. The predicted octanol–water partition coefficient (Wildman–Crippen LogP) is 1.58. The van der Waals surface area contributed by atoms with Crippen molar-refractivity contribution in [1.82, 2.24) is 9.97 Å². The van der Waals surface area contributed by atoms with Crippen molar-refractivity contribution < 1.29 is 19.0 Å². The molecule has 1 aromatic heterocycles. The fourth-order valence-electron chi connectivity index (χ4n) is 3.07. The number of nitrogens with one attached hydrogen (secondary N) is 2. The Balaban J connectivity index is 2.21. The fraction of sp³-hybridized carbons (Fsp3) is 0.353. The molecule has 1 aromatic carbocycles. The summed E-state index contributed by atoms with van der Waals surface area (Å²) >= 11 is 0. The average molecular weight is 345 g/mol. The summed E-state index contributed by atoms with van der Waals surface area (Å²) in [5.41, 5.74) is 0.850. The first-order valence-corrected chi connectivity index (χ1v) is 7.69. The van der Waals surface area contributed by atoms with Gasteiger partial charge in [0.15, 0.2) is 11.5 Å². The molecule has 0 radical (unpaired) electrons. The second-order valence-electron chi connectivity index (χ2n) is 5.68. The number of hydrogen-bond acceptors (Lipinski definition) is 6. The molecule has 1 unspecified atom stereocenters. The van der Waals surface area contributed by atoms with Crippen LogP contribution in [-0.4, -0.2) is 37.2 Å². The molecule has 2 N–H and O–H groups in total. The summed E-state index contributed by atoms with van der Waals surface area (Å²) in [5, 5.41) is 2.66. The molecule has 25 heavy (non-hydrogen) atoms. The monoisotopic (exact) mass is 345 g/mol. The van der Waals surface area contributed by atoms with E-state index in [0.717, 1.165) is 0 Å². The fourth-order valence-corrected chi connectivity index (χ4v) is 3.07.